The highest BCUT2D eigenvalue weighted by molar-refractivity contribution is 8.18. The molecule has 0 saturated heterocycles. The van der Waals surface area contributed by atoms with Gasteiger partial charge in [0.15, 0.2) is 0 Å². The van der Waals surface area contributed by atoms with E-state index in [9.17, 15) is 9.90 Å². The first-order chi connectivity index (χ1) is 9.06. The number of thioether (sulfide) groups is 1. The van der Waals surface area contributed by atoms with Gasteiger partial charge >= 0.3 is 0 Å². The van der Waals surface area contributed by atoms with Crippen LogP contribution in [-0.4, -0.2) is 15.9 Å². The minimum atomic E-state index is -0.198. The Balaban J connectivity index is 1.96. The molecule has 4 nitrogen and oxygen atoms in total. The van der Waals surface area contributed by atoms with Crippen LogP contribution in [-0.2, 0) is 4.79 Å². The molecule has 19 heavy (non-hydrogen) atoms. The van der Waals surface area contributed by atoms with Gasteiger partial charge in [0.2, 0.25) is 0 Å². The maximum atomic E-state index is 11.3. The third-order valence-corrected chi connectivity index (χ3v) is 4.01. The molecule has 0 saturated carbocycles. The Labute approximate surface area is 119 Å². The van der Waals surface area contributed by atoms with E-state index in [1.54, 1.807) is 44.2 Å². The van der Waals surface area contributed by atoms with Crippen molar-refractivity contribution in [2.45, 2.75) is 13.8 Å². The van der Waals surface area contributed by atoms with Gasteiger partial charge in [0.05, 0.1) is 15.0 Å². The smallest absolute Gasteiger partial charge is 0.284 e. The van der Waals surface area contributed by atoms with Gasteiger partial charge in [0.25, 0.3) is 5.91 Å². The van der Waals surface area contributed by atoms with Crippen LogP contribution < -0.4 is 5.11 Å². The number of carbonyl (C=O) groups excluding carboxylic acids is 1. The van der Waals surface area contributed by atoms with Crippen molar-refractivity contribution in [3.8, 4) is 5.88 Å². The summed E-state index contributed by atoms with van der Waals surface area (Å²) in [5.41, 5.74) is 0. The highest BCUT2D eigenvalue weighted by Gasteiger charge is 2.17. The molecule has 2 heterocycles. The van der Waals surface area contributed by atoms with Gasteiger partial charge in [-0.25, -0.2) is 4.99 Å². The molecule has 1 aromatic heterocycles. The second kappa shape index (κ2) is 5.99. The van der Waals surface area contributed by atoms with Crippen molar-refractivity contribution in [2.24, 2.45) is 4.99 Å². The standard InChI is InChI=1S/C13H12N2O2S2/c1-8-14-12(16)10(18-8)6-4-3-5-7-11-13(17)15-9(2)19-11/h3-7,16H,1-2H3/p-1/b5-3+,6-4+,11-7-. The molecule has 1 aliphatic rings. The predicted octanol–water partition coefficient (Wildman–Crippen LogP) is 2.67. The minimum Gasteiger partial charge on any atom is -0.858 e. The summed E-state index contributed by atoms with van der Waals surface area (Å²) in [5, 5.41) is 12.9. The van der Waals surface area contributed by atoms with Gasteiger partial charge in [-0.2, -0.15) is 0 Å². The maximum Gasteiger partial charge on any atom is 0.284 e. The van der Waals surface area contributed by atoms with E-state index in [1.165, 1.54) is 23.1 Å². The molecule has 2 rings (SSSR count). The summed E-state index contributed by atoms with van der Waals surface area (Å²) >= 11 is 2.72. The molecule has 0 aromatic carbocycles. The highest BCUT2D eigenvalue weighted by Crippen LogP contribution is 2.26. The molecule has 1 amide bonds. The number of rotatable bonds is 3. The molecule has 1 aromatic rings. The second-order valence-electron chi connectivity index (χ2n) is 3.72. The number of aliphatic imine (C=N–C) groups is 1. The summed E-state index contributed by atoms with van der Waals surface area (Å²) in [6.45, 7) is 3.60. The Morgan fingerprint density at radius 1 is 1.21 bits per heavy atom. The van der Waals surface area contributed by atoms with E-state index in [4.69, 9.17) is 0 Å². The van der Waals surface area contributed by atoms with Crippen LogP contribution in [0.25, 0.3) is 6.08 Å². The monoisotopic (exact) mass is 291 g/mol. The third kappa shape index (κ3) is 3.65. The van der Waals surface area contributed by atoms with Gasteiger partial charge in [-0.3, -0.25) is 9.78 Å². The lowest BCUT2D eigenvalue weighted by Crippen LogP contribution is -1.90. The van der Waals surface area contributed by atoms with E-state index in [1.807, 2.05) is 0 Å². The van der Waals surface area contributed by atoms with E-state index < -0.39 is 0 Å². The first-order valence-corrected chi connectivity index (χ1v) is 7.16. The van der Waals surface area contributed by atoms with Crippen molar-refractivity contribution < 1.29 is 9.90 Å². The third-order valence-electron chi connectivity index (χ3n) is 2.17. The lowest BCUT2D eigenvalue weighted by Gasteiger charge is -1.97. The topological polar surface area (TPSA) is 65.4 Å². The van der Waals surface area contributed by atoms with Crippen LogP contribution in [0.15, 0.2) is 34.2 Å². The molecule has 1 aliphatic heterocycles. The number of thiazole rings is 1. The zero-order valence-corrected chi connectivity index (χ0v) is 12.0. The fraction of sp³-hybridized carbons (Fsp3) is 0.154. The van der Waals surface area contributed by atoms with Crippen molar-refractivity contribution in [1.29, 1.82) is 0 Å². The molecule has 0 bridgehead atoms. The van der Waals surface area contributed by atoms with Gasteiger partial charge in [-0.15, -0.1) is 11.3 Å². The van der Waals surface area contributed by atoms with E-state index in [2.05, 4.69) is 9.98 Å². The lowest BCUT2D eigenvalue weighted by molar-refractivity contribution is -0.274. The zero-order valence-electron chi connectivity index (χ0n) is 10.4. The fourth-order valence-electron chi connectivity index (χ4n) is 1.41. The number of aryl methyl sites for hydroxylation is 1. The first-order valence-electron chi connectivity index (χ1n) is 5.53. The largest absolute Gasteiger partial charge is 0.858 e. The normalized spacial score (nSPS) is 18.1. The summed E-state index contributed by atoms with van der Waals surface area (Å²) in [6, 6.07) is 0. The van der Waals surface area contributed by atoms with Crippen LogP contribution >= 0.6 is 23.1 Å². The highest BCUT2D eigenvalue weighted by atomic mass is 32.2. The Morgan fingerprint density at radius 2 is 2.00 bits per heavy atom. The van der Waals surface area contributed by atoms with E-state index in [0.717, 1.165) is 10.1 Å². The zero-order chi connectivity index (χ0) is 13.8. The van der Waals surface area contributed by atoms with Crippen molar-refractivity contribution in [3.05, 3.63) is 39.1 Å². The van der Waals surface area contributed by atoms with Crippen molar-refractivity contribution in [1.82, 2.24) is 4.98 Å². The molecule has 98 valence electrons. The average Bonchev–Trinajstić information content (AvgIpc) is 2.81. The van der Waals surface area contributed by atoms with Gasteiger partial charge in [0.1, 0.15) is 0 Å². The molecule has 0 fully saturated rings. The SMILES string of the molecule is CC1=NC(=O)/C(=C/C=C/C=C/c2sc(C)nc2[O-])S1. The minimum absolute atomic E-state index is 0.198. The summed E-state index contributed by atoms with van der Waals surface area (Å²) in [7, 11) is 0. The second-order valence-corrected chi connectivity index (χ2v) is 6.18. The maximum absolute atomic E-state index is 11.3. The van der Waals surface area contributed by atoms with Gasteiger partial charge in [-0.1, -0.05) is 30.0 Å². The van der Waals surface area contributed by atoms with E-state index >= 15 is 0 Å². The molecule has 0 N–H and O–H groups in total. The van der Waals surface area contributed by atoms with Crippen LogP contribution in [0.2, 0.25) is 0 Å². The Kier molecular flexibility index (Phi) is 4.34. The summed E-state index contributed by atoms with van der Waals surface area (Å²) in [5.74, 6) is -0.396. The summed E-state index contributed by atoms with van der Waals surface area (Å²) in [4.78, 5) is 20.2. The van der Waals surface area contributed by atoms with Gasteiger partial charge in [-0.05, 0) is 26.0 Å². The van der Waals surface area contributed by atoms with Crippen LogP contribution in [0, 0.1) is 6.92 Å². The molecular weight excluding hydrogens is 280 g/mol. The fourth-order valence-corrected chi connectivity index (χ4v) is 2.86. The lowest BCUT2D eigenvalue weighted by atomic mass is 10.3. The number of nitrogens with zero attached hydrogens (tertiary/aromatic N) is 2. The number of amides is 1. The van der Waals surface area contributed by atoms with E-state index in [-0.39, 0.29) is 11.8 Å². The molecule has 0 radical (unpaired) electrons. The quantitative estimate of drug-likeness (QED) is 0.634. The van der Waals surface area contributed by atoms with Gasteiger partial charge < -0.3 is 5.11 Å². The molecular formula is C13H11N2O2S2-. The Bertz CT molecular complexity index is 625. The molecule has 6 heteroatoms. The molecule has 0 aliphatic carbocycles. The number of allylic oxidation sites excluding steroid dienone is 4. The summed E-state index contributed by atoms with van der Waals surface area (Å²) < 4.78 is 0. The van der Waals surface area contributed by atoms with E-state index in [0.29, 0.717) is 9.78 Å². The van der Waals surface area contributed by atoms with Crippen molar-refractivity contribution >= 4 is 40.1 Å². The molecule has 0 unspecified atom stereocenters. The van der Waals surface area contributed by atoms with Crippen molar-refractivity contribution in [2.75, 3.05) is 0 Å². The van der Waals surface area contributed by atoms with Gasteiger partial charge in [0, 0.05) is 10.8 Å². The first kappa shape index (κ1) is 13.8. The van der Waals surface area contributed by atoms with Crippen LogP contribution in [0.1, 0.15) is 16.8 Å². The Hall–Kier alpha value is -1.66. The molecule has 0 atom stereocenters. The van der Waals surface area contributed by atoms with Crippen LogP contribution in [0.4, 0.5) is 0 Å². The number of aromatic nitrogens is 1. The summed E-state index contributed by atoms with van der Waals surface area (Å²) in [6.07, 6.45) is 8.70. The number of carbonyl (C=O) groups is 1. The van der Waals surface area contributed by atoms with Crippen LogP contribution in [0.5, 0.6) is 5.88 Å². The Morgan fingerprint density at radius 3 is 2.58 bits per heavy atom. The predicted molar refractivity (Wildman–Crippen MR) is 78.3 cm³/mol. The molecule has 0 spiro atoms. The number of hydrogen-bond donors (Lipinski definition) is 0. The van der Waals surface area contributed by atoms with Crippen LogP contribution in [0.3, 0.4) is 0 Å². The average molecular weight is 291 g/mol. The number of hydrogen-bond acceptors (Lipinski definition) is 5. The van der Waals surface area contributed by atoms with Crippen molar-refractivity contribution in [3.63, 3.8) is 0 Å².